The van der Waals surface area contributed by atoms with E-state index in [9.17, 15) is 13.2 Å². The van der Waals surface area contributed by atoms with Crippen molar-refractivity contribution in [2.45, 2.75) is 30.6 Å². The Kier molecular flexibility index (Phi) is 4.34. The highest BCUT2D eigenvalue weighted by molar-refractivity contribution is 7.91. The quantitative estimate of drug-likeness (QED) is 0.852. The van der Waals surface area contributed by atoms with Crippen LogP contribution in [0.3, 0.4) is 0 Å². The zero-order chi connectivity index (χ0) is 14.9. The summed E-state index contributed by atoms with van der Waals surface area (Å²) in [6.45, 7) is 0. The standard InChI is InChI=1S/C13H17ClN2O3S/c1-16(11-4-3-5-12(11)20(2,18)19)13(17)10-7-6-9(14)8-15-10/h6-8,11-12H,3-5H2,1-2H3/t11-,12+/m1/s1. The highest BCUT2D eigenvalue weighted by Gasteiger charge is 2.39. The van der Waals surface area contributed by atoms with Gasteiger partial charge in [-0.2, -0.15) is 0 Å². The molecule has 1 aromatic rings. The van der Waals surface area contributed by atoms with Crippen LogP contribution >= 0.6 is 11.6 Å². The maximum absolute atomic E-state index is 12.3. The summed E-state index contributed by atoms with van der Waals surface area (Å²) >= 11 is 5.74. The molecule has 0 N–H and O–H groups in total. The van der Waals surface area contributed by atoms with Gasteiger partial charge < -0.3 is 4.90 Å². The summed E-state index contributed by atoms with van der Waals surface area (Å²) < 4.78 is 23.6. The van der Waals surface area contributed by atoms with Crippen LogP contribution in [0.15, 0.2) is 18.3 Å². The van der Waals surface area contributed by atoms with Crippen molar-refractivity contribution >= 4 is 27.3 Å². The number of nitrogens with zero attached hydrogens (tertiary/aromatic N) is 2. The average Bonchev–Trinajstić information content (AvgIpc) is 2.87. The summed E-state index contributed by atoms with van der Waals surface area (Å²) in [6, 6.07) is 2.86. The Balaban J connectivity index is 2.20. The van der Waals surface area contributed by atoms with Gasteiger partial charge in [0.2, 0.25) is 0 Å². The second-order valence-electron chi connectivity index (χ2n) is 5.14. The Labute approximate surface area is 123 Å². The van der Waals surface area contributed by atoms with Crippen molar-refractivity contribution in [3.05, 3.63) is 29.0 Å². The lowest BCUT2D eigenvalue weighted by atomic mass is 10.2. The van der Waals surface area contributed by atoms with Crippen LogP contribution in [0.1, 0.15) is 29.8 Å². The number of rotatable bonds is 3. The molecule has 0 bridgehead atoms. The van der Waals surface area contributed by atoms with Gasteiger partial charge in [-0.25, -0.2) is 13.4 Å². The van der Waals surface area contributed by atoms with E-state index in [-0.39, 0.29) is 17.6 Å². The van der Waals surface area contributed by atoms with E-state index >= 15 is 0 Å². The maximum atomic E-state index is 12.3. The molecule has 0 aliphatic heterocycles. The molecule has 1 amide bonds. The van der Waals surface area contributed by atoms with Crippen LogP contribution in [0.25, 0.3) is 0 Å². The molecule has 110 valence electrons. The van der Waals surface area contributed by atoms with E-state index in [1.807, 2.05) is 0 Å². The highest BCUT2D eigenvalue weighted by atomic mass is 35.5. The van der Waals surface area contributed by atoms with Crippen LogP contribution < -0.4 is 0 Å². The number of amides is 1. The molecule has 20 heavy (non-hydrogen) atoms. The summed E-state index contributed by atoms with van der Waals surface area (Å²) in [6.07, 6.45) is 4.76. The Morgan fingerprint density at radius 2 is 2.10 bits per heavy atom. The van der Waals surface area contributed by atoms with Crippen molar-refractivity contribution in [3.63, 3.8) is 0 Å². The lowest BCUT2D eigenvalue weighted by Crippen LogP contribution is -2.44. The van der Waals surface area contributed by atoms with Gasteiger partial charge in [0.05, 0.1) is 10.3 Å². The van der Waals surface area contributed by atoms with E-state index in [4.69, 9.17) is 11.6 Å². The minimum atomic E-state index is -3.15. The first-order valence-electron chi connectivity index (χ1n) is 6.38. The molecule has 7 heteroatoms. The third kappa shape index (κ3) is 3.12. The number of carbonyl (C=O) groups excluding carboxylic acids is 1. The van der Waals surface area contributed by atoms with Gasteiger partial charge in [-0.3, -0.25) is 4.79 Å². The van der Waals surface area contributed by atoms with Gasteiger partial charge in [-0.1, -0.05) is 11.6 Å². The zero-order valence-corrected chi connectivity index (χ0v) is 13.0. The van der Waals surface area contributed by atoms with Crippen LogP contribution in [-0.2, 0) is 9.84 Å². The number of pyridine rings is 1. The van der Waals surface area contributed by atoms with Crippen LogP contribution in [0.4, 0.5) is 0 Å². The molecule has 1 fully saturated rings. The number of hydrogen-bond acceptors (Lipinski definition) is 4. The molecular weight excluding hydrogens is 300 g/mol. The first-order valence-corrected chi connectivity index (χ1v) is 8.71. The van der Waals surface area contributed by atoms with Crippen LogP contribution in [0.5, 0.6) is 0 Å². The molecule has 2 atom stereocenters. The molecule has 1 aliphatic rings. The van der Waals surface area contributed by atoms with Crippen molar-refractivity contribution < 1.29 is 13.2 Å². The smallest absolute Gasteiger partial charge is 0.272 e. The van der Waals surface area contributed by atoms with Crippen LogP contribution in [-0.4, -0.2) is 48.8 Å². The molecule has 5 nitrogen and oxygen atoms in total. The van der Waals surface area contributed by atoms with Gasteiger partial charge >= 0.3 is 0 Å². The Morgan fingerprint density at radius 3 is 2.65 bits per heavy atom. The molecular formula is C13H17ClN2O3S. The molecule has 0 spiro atoms. The topological polar surface area (TPSA) is 67.3 Å². The monoisotopic (exact) mass is 316 g/mol. The van der Waals surface area contributed by atoms with Gasteiger partial charge in [0.15, 0.2) is 9.84 Å². The Morgan fingerprint density at radius 1 is 1.40 bits per heavy atom. The summed E-state index contributed by atoms with van der Waals surface area (Å²) in [4.78, 5) is 17.8. The first-order chi connectivity index (χ1) is 9.30. The third-order valence-corrected chi connectivity index (χ3v) is 5.61. The molecule has 0 aromatic carbocycles. The zero-order valence-electron chi connectivity index (χ0n) is 11.4. The van der Waals surface area contributed by atoms with Gasteiger partial charge in [0, 0.05) is 25.5 Å². The molecule has 1 heterocycles. The molecule has 0 radical (unpaired) electrons. The summed E-state index contributed by atoms with van der Waals surface area (Å²) in [5.74, 6) is -0.276. The van der Waals surface area contributed by atoms with Gasteiger partial charge in [-0.05, 0) is 31.4 Å². The van der Waals surface area contributed by atoms with E-state index < -0.39 is 15.1 Å². The van der Waals surface area contributed by atoms with Crippen molar-refractivity contribution in [1.29, 1.82) is 0 Å². The van der Waals surface area contributed by atoms with Crippen LogP contribution in [0, 0.1) is 0 Å². The third-order valence-electron chi connectivity index (χ3n) is 3.73. The summed E-state index contributed by atoms with van der Waals surface area (Å²) in [5.41, 5.74) is 0.274. The van der Waals surface area contributed by atoms with Crippen LogP contribution in [0.2, 0.25) is 5.02 Å². The van der Waals surface area contributed by atoms with E-state index in [0.29, 0.717) is 17.9 Å². The number of hydrogen-bond donors (Lipinski definition) is 0. The summed E-state index contributed by atoms with van der Waals surface area (Å²) in [5, 5.41) is -0.0252. The minimum absolute atomic E-state index is 0.274. The van der Waals surface area contributed by atoms with E-state index in [0.717, 1.165) is 6.42 Å². The second kappa shape index (κ2) is 5.69. The number of sulfone groups is 1. The Bertz CT molecular complexity index is 601. The predicted molar refractivity (Wildman–Crippen MR) is 77.6 cm³/mol. The average molecular weight is 317 g/mol. The highest BCUT2D eigenvalue weighted by Crippen LogP contribution is 2.29. The lowest BCUT2D eigenvalue weighted by molar-refractivity contribution is 0.0731. The first kappa shape index (κ1) is 15.3. The van der Waals surface area contributed by atoms with Crippen molar-refractivity contribution in [2.24, 2.45) is 0 Å². The number of aromatic nitrogens is 1. The van der Waals surface area contributed by atoms with Crippen molar-refractivity contribution in [3.8, 4) is 0 Å². The van der Waals surface area contributed by atoms with E-state index in [1.54, 1.807) is 19.2 Å². The summed E-state index contributed by atoms with van der Waals surface area (Å²) in [7, 11) is -1.52. The predicted octanol–water partition coefficient (Wildman–Crippen LogP) is 1.77. The normalized spacial score (nSPS) is 22.8. The minimum Gasteiger partial charge on any atom is -0.336 e. The maximum Gasteiger partial charge on any atom is 0.272 e. The fourth-order valence-electron chi connectivity index (χ4n) is 2.68. The molecule has 0 saturated heterocycles. The molecule has 1 saturated carbocycles. The SMILES string of the molecule is CN(C(=O)c1ccc(Cl)cn1)[C@@H]1CCC[C@@H]1S(C)(=O)=O. The number of halogens is 1. The molecule has 1 aliphatic carbocycles. The largest absolute Gasteiger partial charge is 0.336 e. The lowest BCUT2D eigenvalue weighted by Gasteiger charge is -2.28. The number of carbonyl (C=O) groups is 1. The Hall–Kier alpha value is -1.14. The van der Waals surface area contributed by atoms with Gasteiger partial charge in [0.1, 0.15) is 5.69 Å². The van der Waals surface area contributed by atoms with Gasteiger partial charge in [0.25, 0.3) is 5.91 Å². The molecule has 0 unspecified atom stereocenters. The fourth-order valence-corrected chi connectivity index (χ4v) is 4.28. The second-order valence-corrected chi connectivity index (χ2v) is 7.84. The van der Waals surface area contributed by atoms with Gasteiger partial charge in [-0.15, -0.1) is 0 Å². The van der Waals surface area contributed by atoms with E-state index in [1.165, 1.54) is 17.4 Å². The molecule has 2 rings (SSSR count). The van der Waals surface area contributed by atoms with Crippen molar-refractivity contribution in [1.82, 2.24) is 9.88 Å². The molecule has 1 aromatic heterocycles. The fraction of sp³-hybridized carbons (Fsp3) is 0.538. The van der Waals surface area contributed by atoms with E-state index in [2.05, 4.69) is 4.98 Å². The van der Waals surface area contributed by atoms with Crippen molar-refractivity contribution in [2.75, 3.05) is 13.3 Å².